The maximum atomic E-state index is 12.5. The monoisotopic (exact) mass is 339 g/mol. The van der Waals surface area contributed by atoms with E-state index >= 15 is 0 Å². The number of hydrogen-bond donors (Lipinski definition) is 2. The molecule has 0 bridgehead atoms. The number of nitrogens with one attached hydrogen (secondary N) is 1. The molecule has 1 aliphatic carbocycles. The summed E-state index contributed by atoms with van der Waals surface area (Å²) < 4.78 is 0. The highest BCUT2D eigenvalue weighted by Gasteiger charge is 2.30. The zero-order valence-corrected chi connectivity index (χ0v) is 15.3. The third-order valence-corrected chi connectivity index (χ3v) is 5.75. The van der Waals surface area contributed by atoms with Crippen LogP contribution in [0.15, 0.2) is 0 Å². The zero-order valence-electron chi connectivity index (χ0n) is 15.3. The Hall–Kier alpha value is -1.30. The molecule has 1 saturated heterocycles. The Balaban J connectivity index is 1.79. The van der Waals surface area contributed by atoms with Crippen molar-refractivity contribution in [2.45, 2.75) is 65.0 Å². The van der Waals surface area contributed by atoms with Crippen LogP contribution in [0.1, 0.15) is 52.9 Å². The number of carboxylic acid groups (broad SMARTS) is 1. The van der Waals surface area contributed by atoms with Crippen molar-refractivity contribution in [2.24, 2.45) is 11.8 Å². The number of amides is 2. The van der Waals surface area contributed by atoms with Crippen molar-refractivity contribution in [1.82, 2.24) is 15.1 Å². The molecule has 2 rings (SSSR count). The number of likely N-dealkylation sites (tertiary alicyclic amines) is 1. The molecule has 2 fully saturated rings. The summed E-state index contributed by atoms with van der Waals surface area (Å²) in [5, 5.41) is 12.2. The van der Waals surface area contributed by atoms with Gasteiger partial charge in [-0.15, -0.1) is 0 Å². The van der Waals surface area contributed by atoms with E-state index in [-0.39, 0.29) is 18.6 Å². The lowest BCUT2D eigenvalue weighted by Crippen LogP contribution is -2.53. The summed E-state index contributed by atoms with van der Waals surface area (Å²) >= 11 is 0. The van der Waals surface area contributed by atoms with E-state index in [2.05, 4.69) is 19.2 Å². The Labute approximate surface area is 145 Å². The lowest BCUT2D eigenvalue weighted by atomic mass is 9.80. The molecule has 1 aliphatic heterocycles. The highest BCUT2D eigenvalue weighted by molar-refractivity contribution is 5.74. The van der Waals surface area contributed by atoms with Crippen molar-refractivity contribution in [3.8, 4) is 0 Å². The summed E-state index contributed by atoms with van der Waals surface area (Å²) in [7, 11) is 0. The van der Waals surface area contributed by atoms with Crippen LogP contribution in [0, 0.1) is 11.8 Å². The first-order chi connectivity index (χ1) is 11.4. The van der Waals surface area contributed by atoms with Crippen molar-refractivity contribution in [1.29, 1.82) is 0 Å². The van der Waals surface area contributed by atoms with Gasteiger partial charge in [0.2, 0.25) is 0 Å². The lowest BCUT2D eigenvalue weighted by Gasteiger charge is -2.39. The number of carboxylic acids is 1. The normalized spacial score (nSPS) is 28.8. The molecule has 2 amide bonds. The van der Waals surface area contributed by atoms with Gasteiger partial charge >= 0.3 is 12.0 Å². The van der Waals surface area contributed by atoms with Crippen LogP contribution in [0.4, 0.5) is 4.79 Å². The smallest absolute Gasteiger partial charge is 0.317 e. The molecule has 0 aromatic rings. The van der Waals surface area contributed by atoms with Crippen LogP contribution < -0.4 is 5.32 Å². The van der Waals surface area contributed by atoms with E-state index in [1.54, 1.807) is 0 Å². The van der Waals surface area contributed by atoms with Gasteiger partial charge in [0.15, 0.2) is 0 Å². The average Bonchev–Trinajstić information content (AvgIpc) is 2.55. The van der Waals surface area contributed by atoms with Gasteiger partial charge in [-0.3, -0.25) is 9.69 Å². The number of rotatable bonds is 5. The van der Waals surface area contributed by atoms with Gasteiger partial charge in [-0.1, -0.05) is 20.8 Å². The predicted octanol–water partition coefficient (Wildman–Crippen LogP) is 2.39. The summed E-state index contributed by atoms with van der Waals surface area (Å²) in [6.45, 7) is 8.77. The first kappa shape index (κ1) is 19.0. The maximum Gasteiger partial charge on any atom is 0.317 e. The average molecular weight is 339 g/mol. The molecule has 0 radical (unpaired) electrons. The number of urea groups is 1. The molecule has 6 nitrogen and oxygen atoms in total. The zero-order chi connectivity index (χ0) is 17.7. The van der Waals surface area contributed by atoms with Crippen molar-refractivity contribution in [3.05, 3.63) is 0 Å². The second kappa shape index (κ2) is 8.70. The van der Waals surface area contributed by atoms with Crippen molar-refractivity contribution in [2.75, 3.05) is 26.2 Å². The Bertz CT molecular complexity index is 435. The fourth-order valence-corrected chi connectivity index (χ4v) is 4.24. The van der Waals surface area contributed by atoms with Crippen LogP contribution in [0.5, 0.6) is 0 Å². The molecule has 6 heteroatoms. The van der Waals surface area contributed by atoms with Gasteiger partial charge < -0.3 is 15.3 Å². The molecule has 2 aliphatic rings. The van der Waals surface area contributed by atoms with Gasteiger partial charge in [-0.05, 0) is 50.5 Å². The Morgan fingerprint density at radius 2 is 1.83 bits per heavy atom. The van der Waals surface area contributed by atoms with E-state index in [9.17, 15) is 9.59 Å². The standard InChI is InChI=1S/C18H33N3O3/c1-4-20(12-17(22)23)15-7-9-21(10-8-15)18(24)19-16-6-5-13(2)11-14(16)3/h13-16H,4-12H2,1-3H3,(H,19,24)(H,22,23). The van der Waals surface area contributed by atoms with Crippen LogP contribution in [0.2, 0.25) is 0 Å². The number of hydrogen-bond acceptors (Lipinski definition) is 3. The number of aliphatic carboxylic acids is 1. The summed E-state index contributed by atoms with van der Waals surface area (Å²) in [6.07, 6.45) is 5.16. The molecule has 0 aromatic heterocycles. The Morgan fingerprint density at radius 1 is 1.17 bits per heavy atom. The second-order valence-corrected chi connectivity index (χ2v) is 7.63. The summed E-state index contributed by atoms with van der Waals surface area (Å²) in [6, 6.07) is 0.622. The molecular formula is C18H33N3O3. The number of nitrogens with zero attached hydrogens (tertiary/aromatic N) is 2. The fourth-order valence-electron chi connectivity index (χ4n) is 4.24. The van der Waals surface area contributed by atoms with E-state index in [1.807, 2.05) is 16.7 Å². The molecular weight excluding hydrogens is 306 g/mol. The number of carbonyl (C=O) groups is 2. The first-order valence-corrected chi connectivity index (χ1v) is 9.42. The van der Waals surface area contributed by atoms with E-state index in [0.717, 1.165) is 31.7 Å². The molecule has 3 atom stereocenters. The molecule has 2 N–H and O–H groups in total. The summed E-state index contributed by atoms with van der Waals surface area (Å²) in [4.78, 5) is 27.4. The van der Waals surface area contributed by atoms with Gasteiger partial charge in [0.05, 0.1) is 6.54 Å². The summed E-state index contributed by atoms with van der Waals surface area (Å²) in [5.74, 6) is 0.525. The van der Waals surface area contributed by atoms with Gasteiger partial charge in [-0.2, -0.15) is 0 Å². The van der Waals surface area contributed by atoms with Crippen LogP contribution in [0.25, 0.3) is 0 Å². The van der Waals surface area contributed by atoms with Gasteiger partial charge in [-0.25, -0.2) is 4.79 Å². The minimum Gasteiger partial charge on any atom is -0.480 e. The van der Waals surface area contributed by atoms with E-state index in [4.69, 9.17) is 5.11 Å². The molecule has 0 aromatic carbocycles. The van der Waals surface area contributed by atoms with Gasteiger partial charge in [0.25, 0.3) is 0 Å². The molecule has 138 valence electrons. The highest BCUT2D eigenvalue weighted by Crippen LogP contribution is 2.28. The predicted molar refractivity (Wildman–Crippen MR) is 94.0 cm³/mol. The van der Waals surface area contributed by atoms with E-state index in [0.29, 0.717) is 25.0 Å². The summed E-state index contributed by atoms with van der Waals surface area (Å²) in [5.41, 5.74) is 0. The molecule has 0 spiro atoms. The fraction of sp³-hybridized carbons (Fsp3) is 0.889. The molecule has 1 heterocycles. The topological polar surface area (TPSA) is 72.9 Å². The van der Waals surface area contributed by atoms with E-state index < -0.39 is 5.97 Å². The molecule has 24 heavy (non-hydrogen) atoms. The SMILES string of the molecule is CCN(CC(=O)O)C1CCN(C(=O)NC2CCC(C)CC2C)CC1. The van der Waals surface area contributed by atoms with Crippen molar-refractivity contribution >= 4 is 12.0 Å². The van der Waals surface area contributed by atoms with E-state index in [1.165, 1.54) is 12.8 Å². The Morgan fingerprint density at radius 3 is 2.38 bits per heavy atom. The third kappa shape index (κ3) is 5.10. The van der Waals surface area contributed by atoms with Crippen LogP contribution in [-0.2, 0) is 4.79 Å². The van der Waals surface area contributed by atoms with Gasteiger partial charge in [0, 0.05) is 25.2 Å². The van der Waals surface area contributed by atoms with Crippen molar-refractivity contribution in [3.63, 3.8) is 0 Å². The third-order valence-electron chi connectivity index (χ3n) is 5.75. The minimum absolute atomic E-state index is 0.0566. The largest absolute Gasteiger partial charge is 0.480 e. The van der Waals surface area contributed by atoms with Crippen LogP contribution >= 0.6 is 0 Å². The Kier molecular flexibility index (Phi) is 6.90. The quantitative estimate of drug-likeness (QED) is 0.807. The number of piperidine rings is 1. The minimum atomic E-state index is -0.780. The second-order valence-electron chi connectivity index (χ2n) is 7.63. The highest BCUT2D eigenvalue weighted by atomic mass is 16.4. The maximum absolute atomic E-state index is 12.5. The van der Waals surface area contributed by atoms with Crippen LogP contribution in [-0.4, -0.2) is 65.2 Å². The lowest BCUT2D eigenvalue weighted by molar-refractivity contribution is -0.139. The molecule has 3 unspecified atom stereocenters. The molecule has 1 saturated carbocycles. The first-order valence-electron chi connectivity index (χ1n) is 9.42. The number of carbonyl (C=O) groups excluding carboxylic acids is 1. The van der Waals surface area contributed by atoms with Gasteiger partial charge in [0.1, 0.15) is 0 Å². The van der Waals surface area contributed by atoms with Crippen molar-refractivity contribution < 1.29 is 14.7 Å². The van der Waals surface area contributed by atoms with Crippen LogP contribution in [0.3, 0.4) is 0 Å². The number of likely N-dealkylation sites (N-methyl/N-ethyl adjacent to an activating group) is 1.